The molecule has 4 atom stereocenters. The van der Waals surface area contributed by atoms with E-state index in [1.54, 1.807) is 51.4 Å². The fourth-order valence-corrected chi connectivity index (χ4v) is 7.12. The Bertz CT molecular complexity index is 339. The van der Waals surface area contributed by atoms with E-state index in [1.165, 1.54) is 0 Å². The van der Waals surface area contributed by atoms with Crippen LogP contribution in [0, 0.1) is 23.2 Å². The molecule has 2 aliphatic heterocycles. The van der Waals surface area contributed by atoms with Crippen molar-refractivity contribution in [2.45, 2.75) is 89.6 Å². The van der Waals surface area contributed by atoms with Gasteiger partial charge in [0.2, 0.25) is 0 Å². The molecule has 3 aliphatic carbocycles. The molecular formula is C18H31B. The molecule has 0 radical (unpaired) electrons. The predicted octanol–water partition coefficient (Wildman–Crippen LogP) is 5.66. The van der Waals surface area contributed by atoms with Gasteiger partial charge in [0.05, 0.1) is 0 Å². The van der Waals surface area contributed by atoms with Crippen LogP contribution in [0.2, 0.25) is 17.5 Å². The van der Waals surface area contributed by atoms with Crippen molar-refractivity contribution >= 4 is 6.71 Å². The van der Waals surface area contributed by atoms with Gasteiger partial charge in [0, 0.05) is 0 Å². The average molecular weight is 258 g/mol. The van der Waals surface area contributed by atoms with Crippen LogP contribution in [0.4, 0.5) is 0 Å². The molecule has 1 unspecified atom stereocenters. The maximum absolute atomic E-state index is 2.62. The van der Waals surface area contributed by atoms with Gasteiger partial charge in [0.25, 0.3) is 0 Å². The van der Waals surface area contributed by atoms with Crippen molar-refractivity contribution in [3.63, 3.8) is 0 Å². The summed E-state index contributed by atoms with van der Waals surface area (Å²) in [7, 11) is 0. The van der Waals surface area contributed by atoms with Crippen molar-refractivity contribution in [2.24, 2.45) is 23.2 Å². The Hall–Kier alpha value is 0.0649. The highest BCUT2D eigenvalue weighted by Crippen LogP contribution is 2.67. The van der Waals surface area contributed by atoms with E-state index in [9.17, 15) is 0 Å². The van der Waals surface area contributed by atoms with E-state index in [0.717, 1.165) is 41.9 Å². The fourth-order valence-electron chi connectivity index (χ4n) is 7.12. The summed E-state index contributed by atoms with van der Waals surface area (Å²) in [4.78, 5) is 0. The van der Waals surface area contributed by atoms with Crippen LogP contribution in [0.25, 0.3) is 0 Å². The molecule has 5 aliphatic rings. The molecule has 4 bridgehead atoms. The summed E-state index contributed by atoms with van der Waals surface area (Å²) < 4.78 is 0. The second kappa shape index (κ2) is 4.28. The summed E-state index contributed by atoms with van der Waals surface area (Å²) in [6.45, 7) is 8.87. The van der Waals surface area contributed by atoms with Gasteiger partial charge < -0.3 is 0 Å². The van der Waals surface area contributed by atoms with E-state index < -0.39 is 0 Å². The second-order valence-electron chi connectivity index (χ2n) is 9.08. The first-order valence-corrected chi connectivity index (χ1v) is 9.09. The zero-order valence-corrected chi connectivity index (χ0v) is 13.2. The minimum absolute atomic E-state index is 0.680. The molecule has 5 fully saturated rings. The van der Waals surface area contributed by atoms with Gasteiger partial charge in [0.1, 0.15) is 6.71 Å². The first kappa shape index (κ1) is 12.8. The van der Waals surface area contributed by atoms with Crippen molar-refractivity contribution in [1.82, 2.24) is 0 Å². The van der Waals surface area contributed by atoms with E-state index in [1.807, 2.05) is 0 Å². The molecule has 3 saturated carbocycles. The number of fused-ring (bicyclic) bond motifs is 5. The maximum atomic E-state index is 2.62. The van der Waals surface area contributed by atoms with Gasteiger partial charge >= 0.3 is 0 Å². The van der Waals surface area contributed by atoms with Gasteiger partial charge in [-0.1, -0.05) is 83.2 Å². The lowest BCUT2D eigenvalue weighted by Gasteiger charge is -2.64. The van der Waals surface area contributed by atoms with Gasteiger partial charge in [-0.05, 0) is 29.6 Å². The molecule has 2 heterocycles. The molecule has 106 valence electrons. The van der Waals surface area contributed by atoms with E-state index >= 15 is 0 Å². The summed E-state index contributed by atoms with van der Waals surface area (Å²) in [5, 5.41) is 0. The minimum atomic E-state index is 0.680. The van der Waals surface area contributed by atoms with Gasteiger partial charge in [-0.15, -0.1) is 0 Å². The van der Waals surface area contributed by atoms with Crippen LogP contribution >= 0.6 is 0 Å². The molecule has 0 amide bonds. The molecule has 0 nitrogen and oxygen atoms in total. The lowest BCUT2D eigenvalue weighted by Crippen LogP contribution is -2.57. The van der Waals surface area contributed by atoms with Gasteiger partial charge in [-0.3, -0.25) is 0 Å². The standard InChI is InChI=1S/C18H31B/c1-12-16-10-13(18(16,2)3)11-17(12)19-14-6-4-7-15(19)9-5-8-14/h12-17H,4-11H2,1-3H3/t12?,13-,14?,15?,16+,17+/m0/s1. The van der Waals surface area contributed by atoms with Crippen LogP contribution < -0.4 is 0 Å². The lowest BCUT2D eigenvalue weighted by atomic mass is 9.18. The molecule has 0 aromatic carbocycles. The molecule has 1 heteroatoms. The Morgan fingerprint density at radius 3 is 1.95 bits per heavy atom. The Labute approximate surface area is 120 Å². The van der Waals surface area contributed by atoms with Crippen LogP contribution in [0.1, 0.15) is 72.1 Å². The summed E-state index contributed by atoms with van der Waals surface area (Å²) in [5.41, 5.74) is 0.680. The highest BCUT2D eigenvalue weighted by atomic mass is 14.6. The van der Waals surface area contributed by atoms with Gasteiger partial charge in [-0.25, -0.2) is 0 Å². The van der Waals surface area contributed by atoms with Crippen molar-refractivity contribution in [3.05, 3.63) is 0 Å². The van der Waals surface area contributed by atoms with Crippen LogP contribution in [-0.2, 0) is 0 Å². The average Bonchev–Trinajstić information content (AvgIpc) is 2.37. The molecule has 5 rings (SSSR count). The smallest absolute Gasteiger partial charge is 0.0626 e. The van der Waals surface area contributed by atoms with Gasteiger partial charge in [-0.2, -0.15) is 0 Å². The zero-order valence-electron chi connectivity index (χ0n) is 13.2. The van der Waals surface area contributed by atoms with Crippen molar-refractivity contribution in [2.75, 3.05) is 0 Å². The Morgan fingerprint density at radius 1 is 0.895 bits per heavy atom. The quantitative estimate of drug-likeness (QED) is 0.532. The van der Waals surface area contributed by atoms with Crippen LogP contribution in [0.5, 0.6) is 0 Å². The first-order valence-electron chi connectivity index (χ1n) is 9.09. The molecular weight excluding hydrogens is 227 g/mol. The Kier molecular flexibility index (Phi) is 2.88. The monoisotopic (exact) mass is 258 g/mol. The van der Waals surface area contributed by atoms with Gasteiger partial charge in [0.15, 0.2) is 0 Å². The SMILES string of the molecule is CC1[C@H]2C[C@@H](C[C@H]1B1C3CCCC1CCC3)C2(C)C. The van der Waals surface area contributed by atoms with Crippen LogP contribution in [0.15, 0.2) is 0 Å². The van der Waals surface area contributed by atoms with E-state index in [4.69, 9.17) is 0 Å². The molecule has 2 saturated heterocycles. The van der Waals surface area contributed by atoms with E-state index in [-0.39, 0.29) is 0 Å². The summed E-state index contributed by atoms with van der Waals surface area (Å²) in [6.07, 6.45) is 12.5. The summed E-state index contributed by atoms with van der Waals surface area (Å²) >= 11 is 0. The Balaban J connectivity index is 1.57. The molecule has 0 aromatic rings. The largest absolute Gasteiger partial charge is 0.149 e. The topological polar surface area (TPSA) is 0 Å². The zero-order chi connectivity index (χ0) is 13.2. The Morgan fingerprint density at radius 2 is 1.47 bits per heavy atom. The third-order valence-electron chi connectivity index (χ3n) is 8.30. The minimum Gasteiger partial charge on any atom is -0.0626 e. The highest BCUT2D eigenvalue weighted by molar-refractivity contribution is 6.64. The molecule has 0 N–H and O–H groups in total. The van der Waals surface area contributed by atoms with Crippen molar-refractivity contribution in [1.29, 1.82) is 0 Å². The number of hydrogen-bond acceptors (Lipinski definition) is 0. The van der Waals surface area contributed by atoms with Crippen molar-refractivity contribution < 1.29 is 0 Å². The summed E-state index contributed by atoms with van der Waals surface area (Å²) in [6, 6.07) is 0. The van der Waals surface area contributed by atoms with Crippen LogP contribution in [-0.4, -0.2) is 6.71 Å². The maximum Gasteiger partial charge on any atom is 0.149 e. The predicted molar refractivity (Wildman–Crippen MR) is 83.9 cm³/mol. The number of rotatable bonds is 1. The highest BCUT2D eigenvalue weighted by Gasteiger charge is 2.59. The normalized spacial score (nSPS) is 51.6. The van der Waals surface area contributed by atoms with E-state index in [0.29, 0.717) is 5.41 Å². The van der Waals surface area contributed by atoms with Crippen LogP contribution in [0.3, 0.4) is 0 Å². The third kappa shape index (κ3) is 1.72. The lowest BCUT2D eigenvalue weighted by molar-refractivity contribution is -0.0998. The molecule has 0 spiro atoms. The molecule has 19 heavy (non-hydrogen) atoms. The fraction of sp³-hybridized carbons (Fsp3) is 1.00. The third-order valence-corrected chi connectivity index (χ3v) is 8.30. The van der Waals surface area contributed by atoms with Crippen molar-refractivity contribution in [3.8, 4) is 0 Å². The molecule has 0 aromatic heterocycles. The summed E-state index contributed by atoms with van der Waals surface area (Å²) in [5.74, 6) is 6.50. The number of hydrogen-bond donors (Lipinski definition) is 0. The second-order valence-corrected chi connectivity index (χ2v) is 9.08. The van der Waals surface area contributed by atoms with E-state index in [2.05, 4.69) is 20.8 Å². The first-order chi connectivity index (χ1) is 9.09.